The van der Waals surface area contributed by atoms with Crippen LogP contribution in [-0.4, -0.2) is 31.3 Å². The Balaban J connectivity index is 1.66. The largest absolute Gasteiger partial charge is 0.394 e. The van der Waals surface area contributed by atoms with E-state index in [1.165, 1.54) is 11.3 Å². The predicted octanol–water partition coefficient (Wildman–Crippen LogP) is 2.92. The van der Waals surface area contributed by atoms with Gasteiger partial charge in [-0.2, -0.15) is 0 Å². The van der Waals surface area contributed by atoms with Crippen LogP contribution in [0.2, 0.25) is 0 Å². The highest BCUT2D eigenvalue weighted by Crippen LogP contribution is 2.28. The maximum atomic E-state index is 12.2. The average molecular weight is 325 g/mol. The maximum absolute atomic E-state index is 12.2. The van der Waals surface area contributed by atoms with E-state index in [2.05, 4.69) is 22.6 Å². The highest BCUT2D eigenvalue weighted by atomic mass is 16.3. The second-order valence-electron chi connectivity index (χ2n) is 6.11. The normalized spacial score (nSPS) is 14.7. The third-order valence-corrected chi connectivity index (χ3v) is 4.38. The number of rotatable bonds is 4. The Kier molecular flexibility index (Phi) is 5.01. The summed E-state index contributed by atoms with van der Waals surface area (Å²) in [6.07, 6.45) is 2.15. The number of aliphatic hydroxyl groups is 1. The molecule has 2 aromatic carbocycles. The zero-order valence-electron chi connectivity index (χ0n) is 13.8. The highest BCUT2D eigenvalue weighted by molar-refractivity contribution is 5.90. The Morgan fingerprint density at radius 1 is 1.25 bits per heavy atom. The Hall–Kier alpha value is -2.53. The number of hydrogen-bond donors (Lipinski definition) is 3. The number of nitrogens with zero attached hydrogens (tertiary/aromatic N) is 1. The van der Waals surface area contributed by atoms with Crippen molar-refractivity contribution in [1.29, 1.82) is 0 Å². The summed E-state index contributed by atoms with van der Waals surface area (Å²) in [5.41, 5.74) is 4.13. The van der Waals surface area contributed by atoms with Crippen LogP contribution in [0.5, 0.6) is 0 Å². The summed E-state index contributed by atoms with van der Waals surface area (Å²) in [5.74, 6) is 0. The molecule has 0 radical (unpaired) electrons. The fourth-order valence-corrected chi connectivity index (χ4v) is 3.11. The van der Waals surface area contributed by atoms with Gasteiger partial charge in [0.25, 0.3) is 0 Å². The van der Waals surface area contributed by atoms with Crippen molar-refractivity contribution in [2.45, 2.75) is 18.9 Å². The number of aliphatic hydroxyl groups excluding tert-OH is 1. The van der Waals surface area contributed by atoms with Crippen molar-refractivity contribution in [2.24, 2.45) is 0 Å². The number of hydrogen-bond acceptors (Lipinski definition) is 3. The molecule has 1 aliphatic heterocycles. The van der Waals surface area contributed by atoms with Crippen LogP contribution >= 0.6 is 0 Å². The van der Waals surface area contributed by atoms with Gasteiger partial charge in [-0.25, -0.2) is 4.79 Å². The molecule has 3 N–H and O–H groups in total. The van der Waals surface area contributed by atoms with Crippen molar-refractivity contribution in [3.05, 3.63) is 59.7 Å². The lowest BCUT2D eigenvalue weighted by Crippen LogP contribution is -2.34. The van der Waals surface area contributed by atoms with E-state index in [0.29, 0.717) is 0 Å². The molecule has 0 saturated carbocycles. The zero-order chi connectivity index (χ0) is 16.9. The van der Waals surface area contributed by atoms with Gasteiger partial charge in [0.05, 0.1) is 12.6 Å². The van der Waals surface area contributed by atoms with Crippen molar-refractivity contribution in [3.8, 4) is 0 Å². The monoisotopic (exact) mass is 325 g/mol. The van der Waals surface area contributed by atoms with E-state index in [1.54, 1.807) is 0 Å². The Morgan fingerprint density at radius 3 is 2.79 bits per heavy atom. The predicted molar refractivity (Wildman–Crippen MR) is 96.5 cm³/mol. The molecule has 3 rings (SSSR count). The Bertz CT molecular complexity index is 703. The topological polar surface area (TPSA) is 64.6 Å². The Morgan fingerprint density at radius 2 is 2.04 bits per heavy atom. The summed E-state index contributed by atoms with van der Waals surface area (Å²) in [7, 11) is 2.09. The first-order chi connectivity index (χ1) is 11.7. The lowest BCUT2D eigenvalue weighted by molar-refractivity contribution is 0.225. The van der Waals surface area contributed by atoms with Crippen LogP contribution in [0.4, 0.5) is 16.2 Å². The molecule has 126 valence electrons. The lowest BCUT2D eigenvalue weighted by atomic mass is 10.0. The molecule has 0 unspecified atom stereocenters. The first-order valence-electron chi connectivity index (χ1n) is 8.25. The average Bonchev–Trinajstić information content (AvgIpc) is 2.60. The van der Waals surface area contributed by atoms with Crippen molar-refractivity contribution in [1.82, 2.24) is 5.32 Å². The molecular weight excluding hydrogens is 302 g/mol. The van der Waals surface area contributed by atoms with Gasteiger partial charge >= 0.3 is 6.03 Å². The number of urea groups is 1. The van der Waals surface area contributed by atoms with Crippen LogP contribution in [-0.2, 0) is 6.42 Å². The molecular formula is C19H23N3O2. The quantitative estimate of drug-likeness (QED) is 0.810. The number of fused-ring (bicyclic) bond motifs is 1. The number of carbonyl (C=O) groups is 1. The van der Waals surface area contributed by atoms with Gasteiger partial charge < -0.3 is 20.6 Å². The number of benzene rings is 2. The maximum Gasteiger partial charge on any atom is 0.319 e. The summed E-state index contributed by atoms with van der Waals surface area (Å²) >= 11 is 0. The van der Waals surface area contributed by atoms with Crippen LogP contribution in [0.1, 0.15) is 23.6 Å². The van der Waals surface area contributed by atoms with Crippen LogP contribution in [0.15, 0.2) is 48.5 Å². The number of nitrogens with one attached hydrogen (secondary N) is 2. The van der Waals surface area contributed by atoms with Crippen molar-refractivity contribution in [2.75, 3.05) is 30.4 Å². The van der Waals surface area contributed by atoms with Crippen LogP contribution < -0.4 is 15.5 Å². The van der Waals surface area contributed by atoms with Gasteiger partial charge in [-0.05, 0) is 42.2 Å². The number of anilines is 2. The van der Waals surface area contributed by atoms with Gasteiger partial charge in [0.1, 0.15) is 0 Å². The number of amides is 2. The lowest BCUT2D eigenvalue weighted by Gasteiger charge is -2.28. The second kappa shape index (κ2) is 7.36. The minimum Gasteiger partial charge on any atom is -0.394 e. The molecule has 0 aliphatic carbocycles. The van der Waals surface area contributed by atoms with E-state index in [4.69, 9.17) is 0 Å². The summed E-state index contributed by atoms with van der Waals surface area (Å²) < 4.78 is 0. The molecule has 0 aromatic heterocycles. The van der Waals surface area contributed by atoms with E-state index < -0.39 is 6.04 Å². The molecule has 2 aromatic rings. The molecule has 0 spiro atoms. The van der Waals surface area contributed by atoms with Crippen LogP contribution in [0, 0.1) is 0 Å². The summed E-state index contributed by atoms with van der Waals surface area (Å²) in [5, 5.41) is 15.2. The molecule has 24 heavy (non-hydrogen) atoms. The molecule has 0 fully saturated rings. The molecule has 2 amide bonds. The highest BCUT2D eigenvalue weighted by Gasteiger charge is 2.16. The van der Waals surface area contributed by atoms with Gasteiger partial charge in [-0.1, -0.05) is 30.3 Å². The number of aryl methyl sites for hydroxylation is 1. The smallest absolute Gasteiger partial charge is 0.319 e. The third-order valence-electron chi connectivity index (χ3n) is 4.38. The molecule has 1 atom stereocenters. The molecule has 5 nitrogen and oxygen atoms in total. The van der Waals surface area contributed by atoms with Gasteiger partial charge in [0, 0.05) is 25.0 Å². The standard InChI is InChI=1S/C19H23N3O2/c1-22-11-5-8-15-12-16(9-10-18(15)22)20-19(24)21-17(13-23)14-6-3-2-4-7-14/h2-4,6-7,9-10,12,17,23H,5,8,11,13H2,1H3,(H2,20,21,24)/t17-/m1/s1. The third kappa shape index (κ3) is 3.68. The molecule has 0 bridgehead atoms. The van der Waals surface area contributed by atoms with Gasteiger partial charge in [-0.15, -0.1) is 0 Å². The van der Waals surface area contributed by atoms with E-state index in [-0.39, 0.29) is 12.6 Å². The molecule has 1 aliphatic rings. The summed E-state index contributed by atoms with van der Waals surface area (Å²) in [4.78, 5) is 14.5. The fourth-order valence-electron chi connectivity index (χ4n) is 3.11. The molecule has 0 saturated heterocycles. The number of carbonyl (C=O) groups excluding carboxylic acids is 1. The minimum absolute atomic E-state index is 0.146. The first-order valence-corrected chi connectivity index (χ1v) is 8.25. The van der Waals surface area contributed by atoms with Gasteiger partial charge in [-0.3, -0.25) is 0 Å². The Labute approximate surface area is 142 Å². The van der Waals surface area contributed by atoms with Gasteiger partial charge in [0.15, 0.2) is 0 Å². The van der Waals surface area contributed by atoms with Crippen molar-refractivity contribution >= 4 is 17.4 Å². The fraction of sp³-hybridized carbons (Fsp3) is 0.316. The first kappa shape index (κ1) is 16.3. The van der Waals surface area contributed by atoms with E-state index in [1.807, 2.05) is 48.5 Å². The van der Waals surface area contributed by atoms with Crippen LogP contribution in [0.25, 0.3) is 0 Å². The van der Waals surface area contributed by atoms with E-state index in [9.17, 15) is 9.90 Å². The summed E-state index contributed by atoms with van der Waals surface area (Å²) in [6, 6.07) is 14.7. The molecule has 5 heteroatoms. The van der Waals surface area contributed by atoms with Gasteiger partial charge in [0.2, 0.25) is 0 Å². The second-order valence-corrected chi connectivity index (χ2v) is 6.11. The van der Waals surface area contributed by atoms with E-state index >= 15 is 0 Å². The minimum atomic E-state index is -0.421. The SMILES string of the molecule is CN1CCCc2cc(NC(=O)N[C@H](CO)c3ccccc3)ccc21. The molecule has 1 heterocycles. The summed E-state index contributed by atoms with van der Waals surface area (Å²) in [6.45, 7) is 0.919. The van der Waals surface area contributed by atoms with Crippen molar-refractivity contribution in [3.63, 3.8) is 0 Å². The van der Waals surface area contributed by atoms with E-state index in [0.717, 1.165) is 30.6 Å². The van der Waals surface area contributed by atoms with Crippen molar-refractivity contribution < 1.29 is 9.90 Å². The zero-order valence-corrected chi connectivity index (χ0v) is 13.8. The van der Waals surface area contributed by atoms with Crippen LogP contribution in [0.3, 0.4) is 0 Å².